The standard InChI is InChI=1S/C15H27NO3/c1-2-19-15(18)11-6-8-13(9-7-11)16-10-12-4-3-5-14(12)17/h11-14,16-17H,2-10H2,1H3. The molecule has 0 aliphatic heterocycles. The molecule has 0 bridgehead atoms. The highest BCUT2D eigenvalue weighted by atomic mass is 16.5. The third-order valence-electron chi connectivity index (χ3n) is 4.63. The lowest BCUT2D eigenvalue weighted by Crippen LogP contribution is -2.39. The summed E-state index contributed by atoms with van der Waals surface area (Å²) < 4.78 is 5.08. The largest absolute Gasteiger partial charge is 0.466 e. The van der Waals surface area contributed by atoms with Crippen molar-refractivity contribution in [2.45, 2.75) is 64.0 Å². The number of rotatable bonds is 5. The molecule has 0 saturated heterocycles. The van der Waals surface area contributed by atoms with E-state index >= 15 is 0 Å². The zero-order chi connectivity index (χ0) is 13.7. The van der Waals surface area contributed by atoms with Crippen LogP contribution in [0.1, 0.15) is 51.9 Å². The maximum absolute atomic E-state index is 11.6. The van der Waals surface area contributed by atoms with Crippen molar-refractivity contribution in [3.05, 3.63) is 0 Å². The molecule has 2 rings (SSSR count). The van der Waals surface area contributed by atoms with Crippen LogP contribution in [0.25, 0.3) is 0 Å². The Morgan fingerprint density at radius 2 is 1.95 bits per heavy atom. The number of ether oxygens (including phenoxy) is 1. The molecule has 0 aromatic carbocycles. The molecule has 2 atom stereocenters. The molecular formula is C15H27NO3. The van der Waals surface area contributed by atoms with E-state index in [0.29, 0.717) is 18.6 Å². The van der Waals surface area contributed by atoms with Gasteiger partial charge in [0.05, 0.1) is 18.6 Å². The molecule has 0 radical (unpaired) electrons. The topological polar surface area (TPSA) is 58.6 Å². The van der Waals surface area contributed by atoms with E-state index in [0.717, 1.165) is 51.5 Å². The first-order valence-electron chi connectivity index (χ1n) is 7.78. The van der Waals surface area contributed by atoms with Gasteiger partial charge in [-0.15, -0.1) is 0 Å². The van der Waals surface area contributed by atoms with Crippen LogP contribution in [0, 0.1) is 11.8 Å². The predicted molar refractivity (Wildman–Crippen MR) is 73.7 cm³/mol. The highest BCUT2D eigenvalue weighted by molar-refractivity contribution is 5.72. The highest BCUT2D eigenvalue weighted by Gasteiger charge is 2.29. The monoisotopic (exact) mass is 269 g/mol. The van der Waals surface area contributed by atoms with Gasteiger partial charge in [-0.05, 0) is 51.4 Å². The van der Waals surface area contributed by atoms with Crippen LogP contribution in [-0.4, -0.2) is 36.4 Å². The molecule has 0 aromatic rings. The van der Waals surface area contributed by atoms with Gasteiger partial charge in [0.25, 0.3) is 0 Å². The number of aliphatic hydroxyl groups excluding tert-OH is 1. The van der Waals surface area contributed by atoms with E-state index in [2.05, 4.69) is 5.32 Å². The molecule has 2 unspecified atom stereocenters. The number of hydrogen-bond donors (Lipinski definition) is 2. The molecule has 19 heavy (non-hydrogen) atoms. The summed E-state index contributed by atoms with van der Waals surface area (Å²) in [5, 5.41) is 13.4. The van der Waals surface area contributed by atoms with E-state index in [9.17, 15) is 9.90 Å². The fourth-order valence-electron chi connectivity index (χ4n) is 3.37. The van der Waals surface area contributed by atoms with Crippen LogP contribution < -0.4 is 5.32 Å². The smallest absolute Gasteiger partial charge is 0.308 e. The third-order valence-corrected chi connectivity index (χ3v) is 4.63. The molecule has 2 aliphatic rings. The lowest BCUT2D eigenvalue weighted by molar-refractivity contribution is -0.149. The summed E-state index contributed by atoms with van der Waals surface area (Å²) in [6, 6.07) is 0.512. The lowest BCUT2D eigenvalue weighted by atomic mass is 9.86. The van der Waals surface area contributed by atoms with Crippen LogP contribution >= 0.6 is 0 Å². The van der Waals surface area contributed by atoms with Gasteiger partial charge in [0.15, 0.2) is 0 Å². The Kier molecular flexibility index (Phi) is 5.64. The number of aliphatic hydroxyl groups is 1. The summed E-state index contributed by atoms with van der Waals surface area (Å²) in [7, 11) is 0. The quantitative estimate of drug-likeness (QED) is 0.748. The SMILES string of the molecule is CCOC(=O)C1CCC(NCC2CCCC2O)CC1. The van der Waals surface area contributed by atoms with Crippen molar-refractivity contribution in [1.82, 2.24) is 5.32 Å². The summed E-state index contributed by atoms with van der Waals surface area (Å²) in [5.74, 6) is 0.519. The van der Waals surface area contributed by atoms with Crippen LogP contribution in [0.5, 0.6) is 0 Å². The van der Waals surface area contributed by atoms with Gasteiger partial charge in [-0.25, -0.2) is 0 Å². The van der Waals surface area contributed by atoms with Crippen LogP contribution in [0.4, 0.5) is 0 Å². The van der Waals surface area contributed by atoms with Gasteiger partial charge >= 0.3 is 5.97 Å². The van der Waals surface area contributed by atoms with Gasteiger partial charge in [-0.2, -0.15) is 0 Å². The molecule has 2 fully saturated rings. The Balaban J connectivity index is 1.64. The molecule has 0 heterocycles. The molecular weight excluding hydrogens is 242 g/mol. The predicted octanol–water partition coefficient (Wildman–Crippen LogP) is 1.86. The van der Waals surface area contributed by atoms with Crippen LogP contribution in [0.2, 0.25) is 0 Å². The van der Waals surface area contributed by atoms with Crippen LogP contribution in [-0.2, 0) is 9.53 Å². The van der Waals surface area contributed by atoms with E-state index in [1.165, 1.54) is 0 Å². The molecule has 2 saturated carbocycles. The van der Waals surface area contributed by atoms with E-state index < -0.39 is 0 Å². The molecule has 2 aliphatic carbocycles. The summed E-state index contributed by atoms with van der Waals surface area (Å²) in [6.45, 7) is 3.27. The number of nitrogens with one attached hydrogen (secondary N) is 1. The summed E-state index contributed by atoms with van der Waals surface area (Å²) in [6.07, 6.45) is 7.12. The third kappa shape index (κ3) is 4.18. The van der Waals surface area contributed by atoms with E-state index in [-0.39, 0.29) is 18.0 Å². The second-order valence-corrected chi connectivity index (χ2v) is 5.97. The first-order chi connectivity index (χ1) is 9.20. The fraction of sp³-hybridized carbons (Fsp3) is 0.933. The van der Waals surface area contributed by atoms with Gasteiger partial charge < -0.3 is 15.2 Å². The summed E-state index contributed by atoms with van der Waals surface area (Å²) >= 11 is 0. The maximum atomic E-state index is 11.6. The van der Waals surface area contributed by atoms with Gasteiger partial charge in [-0.3, -0.25) is 4.79 Å². The highest BCUT2D eigenvalue weighted by Crippen LogP contribution is 2.28. The normalized spacial score (nSPS) is 35.3. The average molecular weight is 269 g/mol. The van der Waals surface area contributed by atoms with Crippen molar-refractivity contribution in [2.24, 2.45) is 11.8 Å². The lowest BCUT2D eigenvalue weighted by Gasteiger charge is -2.29. The number of carbonyl (C=O) groups is 1. The molecule has 4 heteroatoms. The van der Waals surface area contributed by atoms with Crippen molar-refractivity contribution in [3.63, 3.8) is 0 Å². The van der Waals surface area contributed by atoms with Crippen molar-refractivity contribution >= 4 is 5.97 Å². The maximum Gasteiger partial charge on any atom is 0.308 e. The van der Waals surface area contributed by atoms with Crippen molar-refractivity contribution in [1.29, 1.82) is 0 Å². The second kappa shape index (κ2) is 7.25. The van der Waals surface area contributed by atoms with E-state index in [1.54, 1.807) is 0 Å². The zero-order valence-corrected chi connectivity index (χ0v) is 11.9. The summed E-state index contributed by atoms with van der Waals surface area (Å²) in [4.78, 5) is 11.6. The first-order valence-corrected chi connectivity index (χ1v) is 7.78. The molecule has 0 amide bonds. The molecule has 0 aromatic heterocycles. The Labute approximate surface area is 115 Å². The molecule has 0 spiro atoms. The second-order valence-electron chi connectivity index (χ2n) is 5.97. The van der Waals surface area contributed by atoms with Gasteiger partial charge in [0.1, 0.15) is 0 Å². The van der Waals surface area contributed by atoms with Crippen LogP contribution in [0.3, 0.4) is 0 Å². The average Bonchev–Trinajstić information content (AvgIpc) is 2.83. The molecule has 4 nitrogen and oxygen atoms in total. The van der Waals surface area contributed by atoms with Gasteiger partial charge in [0.2, 0.25) is 0 Å². The minimum absolute atomic E-state index is 0.0211. The van der Waals surface area contributed by atoms with Crippen molar-refractivity contribution in [2.75, 3.05) is 13.2 Å². The first kappa shape index (κ1) is 14.8. The Hall–Kier alpha value is -0.610. The molecule has 110 valence electrons. The number of carbonyl (C=O) groups excluding carboxylic acids is 1. The Morgan fingerprint density at radius 3 is 2.53 bits per heavy atom. The minimum atomic E-state index is -0.108. The van der Waals surface area contributed by atoms with Crippen LogP contribution in [0.15, 0.2) is 0 Å². The van der Waals surface area contributed by atoms with Crippen molar-refractivity contribution in [3.8, 4) is 0 Å². The Morgan fingerprint density at radius 1 is 1.21 bits per heavy atom. The van der Waals surface area contributed by atoms with E-state index in [4.69, 9.17) is 4.74 Å². The zero-order valence-electron chi connectivity index (χ0n) is 11.9. The van der Waals surface area contributed by atoms with Gasteiger partial charge in [0, 0.05) is 12.6 Å². The summed E-state index contributed by atoms with van der Waals surface area (Å²) in [5.41, 5.74) is 0. The van der Waals surface area contributed by atoms with Crippen molar-refractivity contribution < 1.29 is 14.6 Å². The minimum Gasteiger partial charge on any atom is -0.466 e. The number of hydrogen-bond acceptors (Lipinski definition) is 4. The number of esters is 1. The van der Waals surface area contributed by atoms with Gasteiger partial charge in [-0.1, -0.05) is 6.42 Å². The Bertz CT molecular complexity index is 287. The molecule has 2 N–H and O–H groups in total. The van der Waals surface area contributed by atoms with E-state index in [1.807, 2.05) is 6.92 Å². The fourth-order valence-corrected chi connectivity index (χ4v) is 3.37.